The van der Waals surface area contributed by atoms with Gasteiger partial charge in [0, 0.05) is 33.2 Å². The summed E-state index contributed by atoms with van der Waals surface area (Å²) in [6, 6.07) is 20.2. The molecule has 0 unspecified atom stereocenters. The van der Waals surface area contributed by atoms with Gasteiger partial charge < -0.3 is 14.7 Å². The fourth-order valence-electron chi connectivity index (χ4n) is 9.38. The highest BCUT2D eigenvalue weighted by molar-refractivity contribution is 6.09. The predicted molar refractivity (Wildman–Crippen MR) is 237 cm³/mol. The number of nitrogens with zero attached hydrogens (tertiary/aromatic N) is 2. The number of nitrogens with one attached hydrogen (secondary N) is 2. The van der Waals surface area contributed by atoms with Crippen LogP contribution in [-0.2, 0) is 25.7 Å². The van der Waals surface area contributed by atoms with Crippen LogP contribution < -0.4 is 4.74 Å². The highest BCUT2D eigenvalue weighted by Crippen LogP contribution is 2.49. The van der Waals surface area contributed by atoms with Crippen molar-refractivity contribution in [2.45, 2.75) is 127 Å². The van der Waals surface area contributed by atoms with Crippen molar-refractivity contribution in [1.29, 1.82) is 0 Å². The number of aromatic nitrogens is 4. The van der Waals surface area contributed by atoms with Gasteiger partial charge in [0.1, 0.15) is 5.75 Å². The van der Waals surface area contributed by atoms with E-state index in [9.17, 15) is 0 Å². The van der Waals surface area contributed by atoms with E-state index in [1.54, 1.807) is 0 Å². The third-order valence-corrected chi connectivity index (χ3v) is 12.0. The van der Waals surface area contributed by atoms with Gasteiger partial charge in [-0.2, -0.15) is 0 Å². The smallest absolute Gasteiger partial charge is 0.127 e. The number of allylic oxidation sites excluding steroid dienone is 4. The van der Waals surface area contributed by atoms with Gasteiger partial charge in [-0.25, -0.2) is 9.97 Å². The first-order valence-corrected chi connectivity index (χ1v) is 21.3. The number of hydrogen-bond donors (Lipinski definition) is 2. The molecule has 5 aromatic rings. The summed E-state index contributed by atoms with van der Waals surface area (Å²) in [4.78, 5) is 19.4. The van der Waals surface area contributed by atoms with Crippen LogP contribution >= 0.6 is 0 Å². The second-order valence-corrected chi connectivity index (χ2v) is 14.9. The molecule has 5 heterocycles. The molecule has 8 bridgehead atoms. The standard InChI is InChI=1S/C50H60N4O/c1-10-19-26-55-46-25-24-30-22-20-21-23-39(30)47(46)48-49-37(17-8)35(15-6)44(53-49)28-42-33(13-4)31(11-2)40(51-42)27-41-32(12-3)34(14-5)43(52-41)29-45-36(16-7)38(18-9)50(48)54-45/h20-25,27-29,51-52H,10-19,26H2,1-9H3. The highest BCUT2D eigenvalue weighted by Gasteiger charge is 2.30. The molecular formula is C50H60N4O. The molecule has 0 saturated heterocycles. The Bertz CT molecular complexity index is 2360. The Morgan fingerprint density at radius 2 is 0.964 bits per heavy atom. The minimum Gasteiger partial charge on any atom is -0.493 e. The molecule has 2 aliphatic heterocycles. The molecule has 0 radical (unpaired) electrons. The quantitative estimate of drug-likeness (QED) is 0.118. The van der Waals surface area contributed by atoms with Crippen molar-refractivity contribution in [3.8, 4) is 16.9 Å². The zero-order valence-corrected chi connectivity index (χ0v) is 34.8. The summed E-state index contributed by atoms with van der Waals surface area (Å²) in [5.74, 6) is 0.902. The van der Waals surface area contributed by atoms with Gasteiger partial charge in [0.15, 0.2) is 0 Å². The number of rotatable bonds is 13. The normalized spacial score (nSPS) is 13.1. The summed E-state index contributed by atoms with van der Waals surface area (Å²) in [6.45, 7) is 21.2. The summed E-state index contributed by atoms with van der Waals surface area (Å²) in [5.41, 5.74) is 21.8. The van der Waals surface area contributed by atoms with Gasteiger partial charge in [-0.05, 0) is 137 Å². The minimum atomic E-state index is 0.665. The molecule has 3 aromatic heterocycles. The topological polar surface area (TPSA) is 66.6 Å². The first kappa shape index (κ1) is 38.4. The van der Waals surface area contributed by atoms with Crippen LogP contribution in [0.2, 0.25) is 0 Å². The Morgan fingerprint density at radius 1 is 0.491 bits per heavy atom. The van der Waals surface area contributed by atoms with Crippen LogP contribution in [0.25, 0.3) is 66.3 Å². The van der Waals surface area contributed by atoms with Gasteiger partial charge in [-0.3, -0.25) is 0 Å². The van der Waals surface area contributed by atoms with E-state index in [0.29, 0.717) is 6.61 Å². The summed E-state index contributed by atoms with van der Waals surface area (Å²) >= 11 is 0. The van der Waals surface area contributed by atoms with Gasteiger partial charge in [0.25, 0.3) is 0 Å². The molecule has 2 N–H and O–H groups in total. The van der Waals surface area contributed by atoms with Gasteiger partial charge in [-0.15, -0.1) is 0 Å². The van der Waals surface area contributed by atoms with Crippen molar-refractivity contribution in [2.24, 2.45) is 0 Å². The maximum atomic E-state index is 6.78. The minimum absolute atomic E-state index is 0.665. The lowest BCUT2D eigenvalue weighted by molar-refractivity contribution is 0.311. The molecule has 2 aromatic carbocycles. The molecule has 7 rings (SSSR count). The zero-order chi connectivity index (χ0) is 38.8. The number of fused-ring (bicyclic) bond motifs is 9. The Hall–Kier alpha value is -4.90. The van der Waals surface area contributed by atoms with E-state index in [1.165, 1.54) is 66.4 Å². The molecule has 0 fully saturated rings. The van der Waals surface area contributed by atoms with Crippen molar-refractivity contribution >= 4 is 55.1 Å². The summed E-state index contributed by atoms with van der Waals surface area (Å²) in [7, 11) is 0. The molecule has 0 saturated carbocycles. The lowest BCUT2D eigenvalue weighted by Gasteiger charge is -2.18. The number of aryl methyl sites for hydroxylation is 4. The number of benzene rings is 2. The van der Waals surface area contributed by atoms with Crippen LogP contribution in [0.3, 0.4) is 0 Å². The fourth-order valence-corrected chi connectivity index (χ4v) is 9.38. The van der Waals surface area contributed by atoms with Gasteiger partial charge in [0.05, 0.1) is 29.4 Å². The van der Waals surface area contributed by atoms with Crippen LogP contribution in [0.1, 0.15) is 146 Å². The van der Waals surface area contributed by atoms with Crippen LogP contribution in [0, 0.1) is 0 Å². The number of hydrogen-bond acceptors (Lipinski definition) is 3. The monoisotopic (exact) mass is 732 g/mol. The van der Waals surface area contributed by atoms with E-state index >= 15 is 0 Å². The molecule has 0 spiro atoms. The van der Waals surface area contributed by atoms with Crippen molar-refractivity contribution in [2.75, 3.05) is 6.61 Å². The molecule has 2 aliphatic rings. The maximum absolute atomic E-state index is 6.78. The molecule has 0 atom stereocenters. The van der Waals surface area contributed by atoms with E-state index in [4.69, 9.17) is 14.7 Å². The third-order valence-electron chi connectivity index (χ3n) is 12.0. The maximum Gasteiger partial charge on any atom is 0.127 e. The Balaban J connectivity index is 1.79. The van der Waals surface area contributed by atoms with E-state index in [0.717, 1.165) is 115 Å². The largest absolute Gasteiger partial charge is 0.493 e. The average Bonchev–Trinajstić information content (AvgIpc) is 3.94. The van der Waals surface area contributed by atoms with Gasteiger partial charge >= 0.3 is 0 Å². The van der Waals surface area contributed by atoms with E-state index in [2.05, 4.69) is 127 Å². The molecule has 5 heteroatoms. The number of aromatic amines is 2. The summed E-state index contributed by atoms with van der Waals surface area (Å²) in [5, 5.41) is 2.36. The van der Waals surface area contributed by atoms with Crippen LogP contribution in [0.5, 0.6) is 5.75 Å². The third kappa shape index (κ3) is 6.64. The van der Waals surface area contributed by atoms with Gasteiger partial charge in [0.2, 0.25) is 0 Å². The fraction of sp³-hybridized carbons (Fsp3) is 0.400. The molecule has 5 nitrogen and oxygen atoms in total. The van der Waals surface area contributed by atoms with Crippen molar-refractivity contribution < 1.29 is 4.74 Å². The summed E-state index contributed by atoms with van der Waals surface area (Å²) < 4.78 is 6.78. The van der Waals surface area contributed by atoms with Gasteiger partial charge in [-0.1, -0.05) is 99.1 Å². The molecule has 55 heavy (non-hydrogen) atoms. The number of H-pyrrole nitrogens is 2. The second kappa shape index (κ2) is 16.5. The molecular weight excluding hydrogens is 673 g/mol. The van der Waals surface area contributed by atoms with Crippen LogP contribution in [-0.4, -0.2) is 26.5 Å². The first-order chi connectivity index (χ1) is 26.9. The first-order valence-electron chi connectivity index (χ1n) is 21.3. The molecule has 0 amide bonds. The zero-order valence-electron chi connectivity index (χ0n) is 34.8. The molecule has 286 valence electrons. The van der Waals surface area contributed by atoms with Crippen LogP contribution in [0.4, 0.5) is 0 Å². The lowest BCUT2D eigenvalue weighted by Crippen LogP contribution is -2.02. The van der Waals surface area contributed by atoms with E-state index < -0.39 is 0 Å². The van der Waals surface area contributed by atoms with E-state index in [-0.39, 0.29) is 0 Å². The predicted octanol–water partition coefficient (Wildman–Crippen LogP) is 14.0. The highest BCUT2D eigenvalue weighted by atomic mass is 16.5. The Morgan fingerprint density at radius 3 is 1.42 bits per heavy atom. The average molecular weight is 733 g/mol. The Labute approximate surface area is 328 Å². The second-order valence-electron chi connectivity index (χ2n) is 14.9. The van der Waals surface area contributed by atoms with Crippen molar-refractivity contribution in [3.05, 3.63) is 99.6 Å². The van der Waals surface area contributed by atoms with Crippen LogP contribution in [0.15, 0.2) is 54.6 Å². The van der Waals surface area contributed by atoms with E-state index in [1.807, 2.05) is 0 Å². The number of ether oxygens (including phenoxy) is 1. The van der Waals surface area contributed by atoms with Crippen molar-refractivity contribution in [3.63, 3.8) is 0 Å². The molecule has 0 aliphatic carbocycles. The van der Waals surface area contributed by atoms with Crippen molar-refractivity contribution in [1.82, 2.24) is 19.9 Å². The Kier molecular flexibility index (Phi) is 11.5. The number of unbranched alkanes of at least 4 members (excludes halogenated alkanes) is 1. The SMILES string of the molecule is CCCCOc1ccc2ccccc2c1-c1c2nc(cc3[nH]c(cc4[nH]c(cc5nc1C(CC)=C5CC)c(CC)c4CC)c(CC)c3CC)C(CC)=C2CC. The lowest BCUT2D eigenvalue weighted by atomic mass is 9.88. The summed E-state index contributed by atoms with van der Waals surface area (Å²) in [6.07, 6.45) is 9.42.